The van der Waals surface area contributed by atoms with E-state index in [0.717, 1.165) is 41.6 Å². The standard InChI is InChI=1S/C13H18N2O2S/c1-9-12(8-16)18-13(14-9)15-6-7-17-11-5-3-2-4-10(11)15/h8,10-11H,2-7H2,1H3. The molecule has 2 atom stereocenters. The Labute approximate surface area is 111 Å². The van der Waals surface area contributed by atoms with Gasteiger partial charge in [0, 0.05) is 6.54 Å². The highest BCUT2D eigenvalue weighted by molar-refractivity contribution is 7.17. The molecule has 0 aromatic carbocycles. The van der Waals surface area contributed by atoms with Gasteiger partial charge >= 0.3 is 0 Å². The summed E-state index contributed by atoms with van der Waals surface area (Å²) < 4.78 is 5.86. The first-order valence-electron chi connectivity index (χ1n) is 6.60. The third-order valence-corrected chi connectivity index (χ3v) is 5.03. The number of carbonyl (C=O) groups is 1. The van der Waals surface area contributed by atoms with E-state index in [0.29, 0.717) is 12.1 Å². The average Bonchev–Trinajstić information content (AvgIpc) is 2.79. The summed E-state index contributed by atoms with van der Waals surface area (Å²) in [6.45, 7) is 3.57. The highest BCUT2D eigenvalue weighted by Gasteiger charge is 2.35. The van der Waals surface area contributed by atoms with E-state index in [1.807, 2.05) is 6.92 Å². The third kappa shape index (κ3) is 2.06. The Balaban J connectivity index is 1.86. The van der Waals surface area contributed by atoms with Crippen molar-refractivity contribution < 1.29 is 9.53 Å². The van der Waals surface area contributed by atoms with Gasteiger partial charge in [-0.2, -0.15) is 0 Å². The van der Waals surface area contributed by atoms with E-state index in [2.05, 4.69) is 9.88 Å². The second-order valence-electron chi connectivity index (χ2n) is 5.02. The number of aromatic nitrogens is 1. The molecular formula is C13H18N2O2S. The Hall–Kier alpha value is -0.940. The number of carbonyl (C=O) groups excluding carboxylic acids is 1. The molecule has 1 saturated heterocycles. The summed E-state index contributed by atoms with van der Waals surface area (Å²) >= 11 is 1.51. The first-order chi connectivity index (χ1) is 8.79. The Morgan fingerprint density at radius 2 is 2.28 bits per heavy atom. The summed E-state index contributed by atoms with van der Waals surface area (Å²) in [5, 5.41) is 0.995. The van der Waals surface area contributed by atoms with Crippen LogP contribution in [-0.2, 0) is 4.74 Å². The van der Waals surface area contributed by atoms with Gasteiger partial charge in [0.1, 0.15) is 0 Å². The summed E-state index contributed by atoms with van der Waals surface area (Å²) in [7, 11) is 0. The molecule has 98 valence electrons. The number of morpholine rings is 1. The van der Waals surface area contributed by atoms with E-state index >= 15 is 0 Å². The fourth-order valence-corrected chi connectivity index (χ4v) is 3.92. The zero-order valence-corrected chi connectivity index (χ0v) is 11.4. The van der Waals surface area contributed by atoms with E-state index in [4.69, 9.17) is 4.74 Å². The summed E-state index contributed by atoms with van der Waals surface area (Å²) in [4.78, 5) is 18.6. The lowest BCUT2D eigenvalue weighted by Gasteiger charge is -2.43. The van der Waals surface area contributed by atoms with Gasteiger partial charge in [0.25, 0.3) is 0 Å². The first-order valence-corrected chi connectivity index (χ1v) is 7.42. The van der Waals surface area contributed by atoms with Crippen molar-refractivity contribution in [3.8, 4) is 0 Å². The molecule has 1 aromatic rings. The lowest BCUT2D eigenvalue weighted by Crippen LogP contribution is -2.52. The molecule has 4 nitrogen and oxygen atoms in total. The maximum Gasteiger partial charge on any atom is 0.186 e. The monoisotopic (exact) mass is 266 g/mol. The Kier molecular flexibility index (Phi) is 3.35. The molecule has 5 heteroatoms. The van der Waals surface area contributed by atoms with Gasteiger partial charge in [-0.15, -0.1) is 0 Å². The van der Waals surface area contributed by atoms with Crippen LogP contribution in [0.25, 0.3) is 0 Å². The normalized spacial score (nSPS) is 27.9. The minimum absolute atomic E-state index is 0.358. The van der Waals surface area contributed by atoms with Gasteiger partial charge in [-0.3, -0.25) is 4.79 Å². The first kappa shape index (κ1) is 12.1. The number of hydrogen-bond acceptors (Lipinski definition) is 5. The van der Waals surface area contributed by atoms with Crippen LogP contribution in [0.15, 0.2) is 0 Å². The quantitative estimate of drug-likeness (QED) is 0.771. The van der Waals surface area contributed by atoms with Crippen molar-refractivity contribution in [2.24, 2.45) is 0 Å². The number of hydrogen-bond donors (Lipinski definition) is 0. The lowest BCUT2D eigenvalue weighted by molar-refractivity contribution is -0.00869. The molecular weight excluding hydrogens is 248 g/mol. The van der Waals surface area contributed by atoms with Crippen LogP contribution in [-0.4, -0.2) is 36.6 Å². The van der Waals surface area contributed by atoms with Crippen LogP contribution in [0.4, 0.5) is 5.13 Å². The molecule has 18 heavy (non-hydrogen) atoms. The van der Waals surface area contributed by atoms with Crippen molar-refractivity contribution in [1.29, 1.82) is 0 Å². The highest BCUT2D eigenvalue weighted by atomic mass is 32.1. The molecule has 0 amide bonds. The fourth-order valence-electron chi connectivity index (χ4n) is 2.96. The number of aryl methyl sites for hydroxylation is 1. The number of anilines is 1. The van der Waals surface area contributed by atoms with Crippen molar-refractivity contribution in [3.63, 3.8) is 0 Å². The number of ether oxygens (including phenoxy) is 1. The van der Waals surface area contributed by atoms with Crippen LogP contribution in [0.5, 0.6) is 0 Å². The molecule has 0 spiro atoms. The summed E-state index contributed by atoms with van der Waals surface area (Å²) in [5.74, 6) is 0. The minimum atomic E-state index is 0.358. The molecule has 0 bridgehead atoms. The Morgan fingerprint density at radius 1 is 1.44 bits per heavy atom. The van der Waals surface area contributed by atoms with Crippen LogP contribution in [0.2, 0.25) is 0 Å². The van der Waals surface area contributed by atoms with Gasteiger partial charge in [0.05, 0.1) is 29.3 Å². The number of fused-ring (bicyclic) bond motifs is 1. The van der Waals surface area contributed by atoms with E-state index in [-0.39, 0.29) is 0 Å². The third-order valence-electron chi connectivity index (χ3n) is 3.91. The molecule has 1 aliphatic heterocycles. The number of nitrogens with zero attached hydrogens (tertiary/aromatic N) is 2. The fraction of sp³-hybridized carbons (Fsp3) is 0.692. The average molecular weight is 266 g/mol. The van der Waals surface area contributed by atoms with Gasteiger partial charge in [0.2, 0.25) is 0 Å². The van der Waals surface area contributed by atoms with Crippen LogP contribution in [0.1, 0.15) is 41.0 Å². The number of rotatable bonds is 2. The molecule has 1 aliphatic carbocycles. The maximum atomic E-state index is 10.9. The van der Waals surface area contributed by atoms with Crippen molar-refractivity contribution in [2.45, 2.75) is 44.8 Å². The molecule has 2 aliphatic rings. The zero-order chi connectivity index (χ0) is 12.5. The van der Waals surface area contributed by atoms with Crippen molar-refractivity contribution in [3.05, 3.63) is 10.6 Å². The van der Waals surface area contributed by atoms with Crippen LogP contribution in [0.3, 0.4) is 0 Å². The minimum Gasteiger partial charge on any atom is -0.374 e. The van der Waals surface area contributed by atoms with E-state index < -0.39 is 0 Å². The Bertz CT molecular complexity index is 444. The molecule has 3 rings (SSSR count). The predicted molar refractivity (Wildman–Crippen MR) is 71.6 cm³/mol. The smallest absolute Gasteiger partial charge is 0.186 e. The maximum absolute atomic E-state index is 10.9. The molecule has 1 aromatic heterocycles. The molecule has 2 heterocycles. The predicted octanol–water partition coefficient (Wildman–Crippen LogP) is 2.41. The van der Waals surface area contributed by atoms with Crippen molar-refractivity contribution in [1.82, 2.24) is 4.98 Å². The topological polar surface area (TPSA) is 42.4 Å². The van der Waals surface area contributed by atoms with Gasteiger partial charge in [-0.25, -0.2) is 4.98 Å². The van der Waals surface area contributed by atoms with Gasteiger partial charge < -0.3 is 9.64 Å². The second kappa shape index (κ2) is 4.97. The van der Waals surface area contributed by atoms with E-state index in [9.17, 15) is 4.79 Å². The summed E-state index contributed by atoms with van der Waals surface area (Å²) in [6.07, 6.45) is 6.15. The summed E-state index contributed by atoms with van der Waals surface area (Å²) in [6, 6.07) is 0.456. The van der Waals surface area contributed by atoms with Crippen LogP contribution >= 0.6 is 11.3 Å². The number of aldehydes is 1. The van der Waals surface area contributed by atoms with Gasteiger partial charge in [-0.1, -0.05) is 24.2 Å². The van der Waals surface area contributed by atoms with Crippen LogP contribution in [0, 0.1) is 6.92 Å². The van der Waals surface area contributed by atoms with E-state index in [1.165, 1.54) is 30.6 Å². The Morgan fingerprint density at radius 3 is 3.06 bits per heavy atom. The highest BCUT2D eigenvalue weighted by Crippen LogP contribution is 2.34. The number of thiazole rings is 1. The SMILES string of the molecule is Cc1nc(N2CCOC3CCCCC32)sc1C=O. The second-order valence-corrected chi connectivity index (χ2v) is 6.03. The van der Waals surface area contributed by atoms with Crippen LogP contribution < -0.4 is 4.90 Å². The van der Waals surface area contributed by atoms with Gasteiger partial charge in [0.15, 0.2) is 11.4 Å². The van der Waals surface area contributed by atoms with Crippen molar-refractivity contribution >= 4 is 22.8 Å². The molecule has 2 unspecified atom stereocenters. The molecule has 0 N–H and O–H groups in total. The molecule has 1 saturated carbocycles. The van der Waals surface area contributed by atoms with Gasteiger partial charge in [-0.05, 0) is 19.8 Å². The molecule has 2 fully saturated rings. The lowest BCUT2D eigenvalue weighted by atomic mass is 9.90. The largest absolute Gasteiger partial charge is 0.374 e. The van der Waals surface area contributed by atoms with Crippen molar-refractivity contribution in [2.75, 3.05) is 18.1 Å². The summed E-state index contributed by atoms with van der Waals surface area (Å²) in [5.41, 5.74) is 0.851. The molecule has 0 radical (unpaired) electrons. The zero-order valence-electron chi connectivity index (χ0n) is 10.6. The van der Waals surface area contributed by atoms with E-state index in [1.54, 1.807) is 0 Å².